The smallest absolute Gasteiger partial charge is 0.329 e. The first-order valence-corrected chi connectivity index (χ1v) is 6.91. The molecule has 6 nitrogen and oxygen atoms in total. The Morgan fingerprint density at radius 2 is 1.90 bits per heavy atom. The monoisotopic (exact) mass is 290 g/mol. The van der Waals surface area contributed by atoms with Crippen LogP contribution in [0.3, 0.4) is 0 Å². The van der Waals surface area contributed by atoms with Gasteiger partial charge in [-0.25, -0.2) is 9.78 Å². The number of benzene rings is 1. The van der Waals surface area contributed by atoms with Gasteiger partial charge in [-0.2, -0.15) is 0 Å². The Balaban J connectivity index is 2.34. The molecule has 1 aromatic carbocycles. The highest BCUT2D eigenvalue weighted by Crippen LogP contribution is 2.21. The Morgan fingerprint density at radius 1 is 1.19 bits per heavy atom. The highest BCUT2D eigenvalue weighted by molar-refractivity contribution is 5.84. The topological polar surface area (TPSA) is 70.4 Å². The summed E-state index contributed by atoms with van der Waals surface area (Å²) >= 11 is 0. The number of rotatable bonds is 6. The highest BCUT2D eigenvalue weighted by atomic mass is 16.5. The molecule has 0 amide bonds. The summed E-state index contributed by atoms with van der Waals surface area (Å²) in [5.74, 6) is -0.901. The molecule has 1 unspecified atom stereocenters. The Bertz CT molecular complexity index is 635. The summed E-state index contributed by atoms with van der Waals surface area (Å²) in [5.41, 5.74) is 1.54. The zero-order valence-corrected chi connectivity index (χ0v) is 12.1. The van der Waals surface area contributed by atoms with E-state index in [-0.39, 0.29) is 19.6 Å². The molecule has 1 aromatic heterocycles. The maximum Gasteiger partial charge on any atom is 0.329 e. The van der Waals surface area contributed by atoms with E-state index in [1.54, 1.807) is 24.7 Å². The number of carbonyl (C=O) groups excluding carboxylic acids is 2. The van der Waals surface area contributed by atoms with Crippen molar-refractivity contribution >= 4 is 23.0 Å². The number of ether oxygens (including phenoxy) is 2. The molecule has 21 heavy (non-hydrogen) atoms. The second-order valence-electron chi connectivity index (χ2n) is 4.42. The number of hydrogen-bond acceptors (Lipinski definition) is 5. The average Bonchev–Trinajstić information content (AvgIpc) is 2.89. The molecular weight excluding hydrogens is 272 g/mol. The lowest BCUT2D eigenvalue weighted by atomic mass is 10.2. The molecule has 0 saturated heterocycles. The number of para-hydroxylation sites is 2. The zero-order valence-electron chi connectivity index (χ0n) is 12.1. The van der Waals surface area contributed by atoms with Gasteiger partial charge in [-0.15, -0.1) is 0 Å². The lowest BCUT2D eigenvalue weighted by Gasteiger charge is -2.17. The van der Waals surface area contributed by atoms with Crippen LogP contribution in [0.5, 0.6) is 0 Å². The number of imidazole rings is 1. The van der Waals surface area contributed by atoms with Gasteiger partial charge in [0.15, 0.2) is 0 Å². The normalized spacial score (nSPS) is 12.1. The number of esters is 2. The highest BCUT2D eigenvalue weighted by Gasteiger charge is 2.27. The zero-order chi connectivity index (χ0) is 15.2. The van der Waals surface area contributed by atoms with Crippen LogP contribution in [0.4, 0.5) is 0 Å². The van der Waals surface area contributed by atoms with E-state index in [0.717, 1.165) is 11.0 Å². The van der Waals surface area contributed by atoms with Crippen LogP contribution in [0.25, 0.3) is 11.0 Å². The molecule has 0 bridgehead atoms. The van der Waals surface area contributed by atoms with Crippen molar-refractivity contribution in [3.8, 4) is 0 Å². The third kappa shape index (κ3) is 3.39. The van der Waals surface area contributed by atoms with Crippen LogP contribution >= 0.6 is 0 Å². The van der Waals surface area contributed by atoms with Crippen LogP contribution in [-0.4, -0.2) is 34.7 Å². The number of hydrogen-bond donors (Lipinski definition) is 0. The molecule has 0 saturated carbocycles. The average molecular weight is 290 g/mol. The predicted octanol–water partition coefficient (Wildman–Crippen LogP) is 2.09. The summed E-state index contributed by atoms with van der Waals surface area (Å²) in [4.78, 5) is 28.1. The van der Waals surface area contributed by atoms with Crippen LogP contribution in [0.1, 0.15) is 26.3 Å². The molecule has 2 rings (SSSR count). The summed E-state index contributed by atoms with van der Waals surface area (Å²) in [7, 11) is 0. The lowest BCUT2D eigenvalue weighted by molar-refractivity contribution is -0.153. The van der Waals surface area contributed by atoms with Gasteiger partial charge in [0.25, 0.3) is 0 Å². The van der Waals surface area contributed by atoms with Gasteiger partial charge in [0, 0.05) is 0 Å². The van der Waals surface area contributed by atoms with E-state index >= 15 is 0 Å². The van der Waals surface area contributed by atoms with Crippen LogP contribution in [0, 0.1) is 0 Å². The van der Waals surface area contributed by atoms with Gasteiger partial charge in [0.05, 0.1) is 37.0 Å². The first kappa shape index (κ1) is 15.0. The molecule has 0 aliphatic carbocycles. The molecule has 0 spiro atoms. The van der Waals surface area contributed by atoms with E-state index in [0.29, 0.717) is 0 Å². The lowest BCUT2D eigenvalue weighted by Crippen LogP contribution is -2.25. The van der Waals surface area contributed by atoms with Crippen LogP contribution in [0.15, 0.2) is 30.6 Å². The summed E-state index contributed by atoms with van der Waals surface area (Å²) in [6.45, 7) is 3.99. The fourth-order valence-electron chi connectivity index (χ4n) is 2.14. The largest absolute Gasteiger partial charge is 0.466 e. The number of aromatic nitrogens is 2. The van der Waals surface area contributed by atoms with Crippen LogP contribution < -0.4 is 0 Å². The fourth-order valence-corrected chi connectivity index (χ4v) is 2.14. The van der Waals surface area contributed by atoms with Crippen LogP contribution in [0.2, 0.25) is 0 Å². The van der Waals surface area contributed by atoms with Gasteiger partial charge in [-0.1, -0.05) is 12.1 Å². The number of carbonyl (C=O) groups is 2. The number of nitrogens with zero attached hydrogens (tertiary/aromatic N) is 2. The van der Waals surface area contributed by atoms with E-state index in [1.165, 1.54) is 0 Å². The van der Waals surface area contributed by atoms with Gasteiger partial charge in [-0.3, -0.25) is 4.79 Å². The van der Waals surface area contributed by atoms with E-state index in [4.69, 9.17) is 9.47 Å². The third-order valence-corrected chi connectivity index (χ3v) is 3.04. The summed E-state index contributed by atoms with van der Waals surface area (Å²) < 4.78 is 11.6. The third-order valence-electron chi connectivity index (χ3n) is 3.04. The molecule has 0 aliphatic rings. The molecule has 6 heteroatoms. The van der Waals surface area contributed by atoms with Crippen molar-refractivity contribution in [2.24, 2.45) is 0 Å². The predicted molar refractivity (Wildman–Crippen MR) is 76.7 cm³/mol. The molecule has 0 fully saturated rings. The summed E-state index contributed by atoms with van der Waals surface area (Å²) in [5, 5.41) is 0. The first-order chi connectivity index (χ1) is 10.2. The van der Waals surface area contributed by atoms with Crippen molar-refractivity contribution in [2.75, 3.05) is 13.2 Å². The molecule has 0 radical (unpaired) electrons. The Labute approximate surface area is 122 Å². The summed E-state index contributed by atoms with van der Waals surface area (Å²) in [6, 6.07) is 6.65. The Hall–Kier alpha value is -2.37. The van der Waals surface area contributed by atoms with E-state index in [2.05, 4.69) is 4.98 Å². The minimum absolute atomic E-state index is 0.0764. The van der Waals surface area contributed by atoms with E-state index < -0.39 is 18.0 Å². The summed E-state index contributed by atoms with van der Waals surface area (Å²) in [6.07, 6.45) is 1.47. The molecule has 0 aliphatic heterocycles. The molecule has 2 aromatic rings. The van der Waals surface area contributed by atoms with Crippen molar-refractivity contribution in [2.45, 2.75) is 26.3 Å². The van der Waals surface area contributed by atoms with Crippen molar-refractivity contribution < 1.29 is 19.1 Å². The fraction of sp³-hybridized carbons (Fsp3) is 0.400. The Morgan fingerprint density at radius 3 is 2.62 bits per heavy atom. The van der Waals surface area contributed by atoms with Gasteiger partial charge in [0.1, 0.15) is 6.04 Å². The molecule has 0 N–H and O–H groups in total. The maximum absolute atomic E-state index is 12.1. The van der Waals surface area contributed by atoms with Gasteiger partial charge in [0.2, 0.25) is 0 Å². The van der Waals surface area contributed by atoms with E-state index in [9.17, 15) is 9.59 Å². The molecular formula is C15H18N2O4. The first-order valence-electron chi connectivity index (χ1n) is 6.91. The van der Waals surface area contributed by atoms with E-state index in [1.807, 2.05) is 24.3 Å². The minimum atomic E-state index is -0.767. The van der Waals surface area contributed by atoms with Crippen molar-refractivity contribution in [3.05, 3.63) is 30.6 Å². The Kier molecular flexibility index (Phi) is 4.92. The maximum atomic E-state index is 12.1. The van der Waals surface area contributed by atoms with Gasteiger partial charge in [-0.05, 0) is 26.0 Å². The molecule has 112 valence electrons. The quantitative estimate of drug-likeness (QED) is 0.762. The molecule has 1 atom stereocenters. The van der Waals surface area contributed by atoms with Gasteiger partial charge < -0.3 is 14.0 Å². The standard InChI is InChI=1S/C15H18N2O4/c1-3-20-14(18)9-13(15(19)21-4-2)17-10-16-11-7-5-6-8-12(11)17/h5-8,10,13H,3-4,9H2,1-2H3. The molecule has 1 heterocycles. The SMILES string of the molecule is CCOC(=O)CC(C(=O)OCC)n1cnc2ccccc21. The second-order valence-corrected chi connectivity index (χ2v) is 4.42. The van der Waals surface area contributed by atoms with Gasteiger partial charge >= 0.3 is 11.9 Å². The van der Waals surface area contributed by atoms with Crippen LogP contribution in [-0.2, 0) is 19.1 Å². The van der Waals surface area contributed by atoms with Crippen molar-refractivity contribution in [1.82, 2.24) is 9.55 Å². The van der Waals surface area contributed by atoms with Crippen molar-refractivity contribution in [1.29, 1.82) is 0 Å². The second kappa shape index (κ2) is 6.88. The van der Waals surface area contributed by atoms with Crippen molar-refractivity contribution in [3.63, 3.8) is 0 Å². The number of fused-ring (bicyclic) bond motifs is 1. The minimum Gasteiger partial charge on any atom is -0.466 e.